The van der Waals surface area contributed by atoms with Gasteiger partial charge in [-0.05, 0) is 26.0 Å². The second-order valence-electron chi connectivity index (χ2n) is 3.72. The van der Waals surface area contributed by atoms with E-state index in [1.54, 1.807) is 5.38 Å². The molecule has 0 aliphatic carbocycles. The maximum atomic E-state index is 10.7. The Morgan fingerprint density at radius 2 is 1.88 bits per heavy atom. The molecule has 0 atom stereocenters. The summed E-state index contributed by atoms with van der Waals surface area (Å²) in [4.78, 5) is 14.8. The molecule has 1 aromatic heterocycles. The summed E-state index contributed by atoms with van der Waals surface area (Å²) in [6, 6.07) is 6.09. The number of hydrogen-bond donors (Lipinski definition) is 1. The van der Waals surface area contributed by atoms with Gasteiger partial charge in [0.15, 0.2) is 0 Å². The number of aryl methyl sites for hydroxylation is 2. The molecule has 1 aromatic carbocycles. The van der Waals surface area contributed by atoms with Gasteiger partial charge < -0.3 is 5.11 Å². The molecule has 3 nitrogen and oxygen atoms in total. The molecule has 1 heterocycles. The van der Waals surface area contributed by atoms with E-state index in [-0.39, 0.29) is 5.01 Å². The van der Waals surface area contributed by atoms with Crippen molar-refractivity contribution in [3.05, 3.63) is 39.7 Å². The zero-order valence-electron chi connectivity index (χ0n) is 9.02. The molecule has 0 aliphatic rings. The molecule has 1 N–H and O–H groups in total. The number of thiazole rings is 1. The van der Waals surface area contributed by atoms with E-state index in [0.29, 0.717) is 0 Å². The zero-order chi connectivity index (χ0) is 11.7. The first-order valence-electron chi connectivity index (χ1n) is 4.84. The lowest BCUT2D eigenvalue weighted by atomic mass is 10.1. The van der Waals surface area contributed by atoms with Crippen LogP contribution in [0.3, 0.4) is 0 Å². The van der Waals surface area contributed by atoms with Crippen molar-refractivity contribution in [2.45, 2.75) is 13.8 Å². The second kappa shape index (κ2) is 4.06. The minimum Gasteiger partial charge on any atom is -0.476 e. The van der Waals surface area contributed by atoms with E-state index in [4.69, 9.17) is 5.11 Å². The van der Waals surface area contributed by atoms with Crippen molar-refractivity contribution in [2.75, 3.05) is 0 Å². The highest BCUT2D eigenvalue weighted by Gasteiger charge is 2.10. The standard InChI is InChI=1S/C12H11NO2S/c1-7-3-8(2)5-9(4-7)10-6-16-11(13-10)12(14)15/h3-6H,1-2H3,(H,14,15). The van der Waals surface area contributed by atoms with Crippen LogP contribution in [-0.4, -0.2) is 16.1 Å². The fraction of sp³-hybridized carbons (Fsp3) is 0.167. The van der Waals surface area contributed by atoms with E-state index in [1.165, 1.54) is 0 Å². The number of aromatic nitrogens is 1. The molecule has 0 saturated carbocycles. The van der Waals surface area contributed by atoms with Crippen LogP contribution >= 0.6 is 11.3 Å². The number of benzene rings is 1. The van der Waals surface area contributed by atoms with Gasteiger partial charge in [0.2, 0.25) is 5.01 Å². The third kappa shape index (κ3) is 2.12. The van der Waals surface area contributed by atoms with Crippen LogP contribution in [0, 0.1) is 13.8 Å². The highest BCUT2D eigenvalue weighted by molar-refractivity contribution is 7.11. The van der Waals surface area contributed by atoms with Crippen molar-refractivity contribution in [1.29, 1.82) is 0 Å². The molecule has 0 spiro atoms. The molecule has 2 aromatic rings. The van der Waals surface area contributed by atoms with Crippen LogP contribution in [0.4, 0.5) is 0 Å². The highest BCUT2D eigenvalue weighted by atomic mass is 32.1. The minimum atomic E-state index is -0.972. The van der Waals surface area contributed by atoms with Crippen LogP contribution in [0.5, 0.6) is 0 Å². The average Bonchev–Trinajstić information content (AvgIpc) is 2.64. The van der Waals surface area contributed by atoms with Gasteiger partial charge in [0.1, 0.15) is 0 Å². The van der Waals surface area contributed by atoms with Crippen molar-refractivity contribution in [1.82, 2.24) is 4.98 Å². The molecule has 4 heteroatoms. The van der Waals surface area contributed by atoms with Crippen LogP contribution in [0.25, 0.3) is 11.3 Å². The Balaban J connectivity index is 2.46. The quantitative estimate of drug-likeness (QED) is 0.867. The van der Waals surface area contributed by atoms with E-state index in [9.17, 15) is 4.79 Å². The smallest absolute Gasteiger partial charge is 0.365 e. The molecule has 0 bridgehead atoms. The molecule has 2 rings (SSSR count). The van der Waals surface area contributed by atoms with Crippen LogP contribution in [0.1, 0.15) is 20.9 Å². The summed E-state index contributed by atoms with van der Waals surface area (Å²) in [7, 11) is 0. The van der Waals surface area contributed by atoms with Crippen molar-refractivity contribution in [2.24, 2.45) is 0 Å². The summed E-state index contributed by atoms with van der Waals surface area (Å²) in [5, 5.41) is 10.7. The summed E-state index contributed by atoms with van der Waals surface area (Å²) in [6.07, 6.45) is 0. The third-order valence-electron chi connectivity index (χ3n) is 2.20. The summed E-state index contributed by atoms with van der Waals surface area (Å²) < 4.78 is 0. The SMILES string of the molecule is Cc1cc(C)cc(-c2csc(C(=O)O)n2)c1. The fourth-order valence-electron chi connectivity index (χ4n) is 1.63. The van der Waals surface area contributed by atoms with Crippen LogP contribution in [0.2, 0.25) is 0 Å². The predicted octanol–water partition coefficient (Wildman–Crippen LogP) is 3.13. The number of hydrogen-bond acceptors (Lipinski definition) is 3. The molecule has 0 amide bonds. The molecule has 82 valence electrons. The largest absolute Gasteiger partial charge is 0.476 e. The lowest BCUT2D eigenvalue weighted by molar-refractivity contribution is 0.0696. The Kier molecular flexibility index (Phi) is 2.75. The highest BCUT2D eigenvalue weighted by Crippen LogP contribution is 2.24. The van der Waals surface area contributed by atoms with Gasteiger partial charge in [-0.1, -0.05) is 17.2 Å². The number of rotatable bonds is 2. The molecular weight excluding hydrogens is 222 g/mol. The molecule has 0 aliphatic heterocycles. The van der Waals surface area contributed by atoms with Crippen molar-refractivity contribution < 1.29 is 9.90 Å². The van der Waals surface area contributed by atoms with E-state index in [0.717, 1.165) is 33.7 Å². The summed E-state index contributed by atoms with van der Waals surface area (Å²) in [5.41, 5.74) is 4.01. The molecular formula is C12H11NO2S. The Morgan fingerprint density at radius 3 is 2.38 bits per heavy atom. The molecule has 0 unspecified atom stereocenters. The van der Waals surface area contributed by atoms with Gasteiger partial charge in [-0.25, -0.2) is 9.78 Å². The molecule has 16 heavy (non-hydrogen) atoms. The van der Waals surface area contributed by atoms with Gasteiger partial charge in [-0.2, -0.15) is 0 Å². The van der Waals surface area contributed by atoms with Crippen molar-refractivity contribution in [3.63, 3.8) is 0 Å². The topological polar surface area (TPSA) is 50.2 Å². The fourth-order valence-corrected chi connectivity index (χ4v) is 2.29. The molecule has 0 radical (unpaired) electrons. The lowest BCUT2D eigenvalue weighted by Crippen LogP contribution is -1.94. The van der Waals surface area contributed by atoms with Crippen molar-refractivity contribution in [3.8, 4) is 11.3 Å². The van der Waals surface area contributed by atoms with Gasteiger partial charge in [0.05, 0.1) is 5.69 Å². The number of carbonyl (C=O) groups is 1. The van der Waals surface area contributed by atoms with Crippen LogP contribution in [-0.2, 0) is 0 Å². The summed E-state index contributed by atoms with van der Waals surface area (Å²) in [6.45, 7) is 4.03. The summed E-state index contributed by atoms with van der Waals surface area (Å²) in [5.74, 6) is -0.972. The summed E-state index contributed by atoms with van der Waals surface area (Å²) >= 11 is 1.15. The van der Waals surface area contributed by atoms with Gasteiger partial charge in [0, 0.05) is 10.9 Å². The Labute approximate surface area is 97.4 Å². The number of nitrogens with zero attached hydrogens (tertiary/aromatic N) is 1. The van der Waals surface area contributed by atoms with Gasteiger partial charge >= 0.3 is 5.97 Å². The minimum absolute atomic E-state index is 0.133. The average molecular weight is 233 g/mol. The monoisotopic (exact) mass is 233 g/mol. The lowest BCUT2D eigenvalue weighted by Gasteiger charge is -2.01. The first-order chi connectivity index (χ1) is 7.56. The van der Waals surface area contributed by atoms with E-state index >= 15 is 0 Å². The second-order valence-corrected chi connectivity index (χ2v) is 4.58. The predicted molar refractivity (Wildman–Crippen MR) is 64.0 cm³/mol. The van der Waals surface area contributed by atoms with Crippen LogP contribution in [0.15, 0.2) is 23.6 Å². The van der Waals surface area contributed by atoms with Crippen molar-refractivity contribution >= 4 is 17.3 Å². The number of aromatic carboxylic acids is 1. The normalized spacial score (nSPS) is 10.4. The molecule has 0 fully saturated rings. The molecule has 0 saturated heterocycles. The number of carboxylic acid groups (broad SMARTS) is 1. The third-order valence-corrected chi connectivity index (χ3v) is 3.03. The van der Waals surface area contributed by atoms with E-state index in [2.05, 4.69) is 11.1 Å². The van der Waals surface area contributed by atoms with Crippen LogP contribution < -0.4 is 0 Å². The maximum absolute atomic E-state index is 10.7. The van der Waals surface area contributed by atoms with Gasteiger partial charge in [-0.15, -0.1) is 11.3 Å². The first-order valence-corrected chi connectivity index (χ1v) is 5.72. The Bertz CT molecular complexity index is 525. The number of carboxylic acids is 1. The van der Waals surface area contributed by atoms with E-state index in [1.807, 2.05) is 26.0 Å². The van der Waals surface area contributed by atoms with Gasteiger partial charge in [0.25, 0.3) is 0 Å². The van der Waals surface area contributed by atoms with E-state index < -0.39 is 5.97 Å². The first kappa shape index (κ1) is 10.8. The Hall–Kier alpha value is -1.68. The Morgan fingerprint density at radius 1 is 1.25 bits per heavy atom. The zero-order valence-corrected chi connectivity index (χ0v) is 9.84. The van der Waals surface area contributed by atoms with Gasteiger partial charge in [-0.3, -0.25) is 0 Å². The maximum Gasteiger partial charge on any atom is 0.365 e.